The number of fused-ring (bicyclic) bond motifs is 12. The molecule has 7 heteroatoms. The van der Waals surface area contributed by atoms with Crippen molar-refractivity contribution in [1.82, 2.24) is 19.9 Å². The Bertz CT molecular complexity index is 2310. The first-order valence-corrected chi connectivity index (χ1v) is 16.2. The molecule has 4 unspecified atom stereocenters. The van der Waals surface area contributed by atoms with Crippen LogP contribution in [0, 0.1) is 23.7 Å². The van der Waals surface area contributed by atoms with Crippen molar-refractivity contribution in [2.45, 2.75) is 43.9 Å². The van der Waals surface area contributed by atoms with Crippen LogP contribution in [-0.4, -0.2) is 37.3 Å². The van der Waals surface area contributed by atoms with Crippen molar-refractivity contribution in [3.05, 3.63) is 94.6 Å². The second-order valence-electron chi connectivity index (χ2n) is 13.9. The first kappa shape index (κ1) is 24.4. The summed E-state index contributed by atoms with van der Waals surface area (Å²) in [6, 6.07) is 12.6. The Hall–Kier alpha value is -4.91. The third-order valence-corrected chi connectivity index (χ3v) is 11.6. The lowest BCUT2D eigenvalue weighted by Crippen LogP contribution is -2.29. The number of H-pyrrole nitrogens is 2. The van der Waals surface area contributed by atoms with Crippen LogP contribution in [0.25, 0.3) is 44.4 Å². The smallest absolute Gasteiger partial charge is 0.145 e. The van der Waals surface area contributed by atoms with E-state index < -0.39 is 0 Å². The Kier molecular flexibility index (Phi) is 4.46. The SMILES string of the molecule is O=C1C[C@@H]2C=CC1C1=C2c2cc3ccc(cc4[nH]c(cc5nc(cc1n2)C1=C5[C@H]2C=CC1CC2=O)c1c4C2CCC1CC2=O)[nH]3. The van der Waals surface area contributed by atoms with Gasteiger partial charge in [0.25, 0.3) is 0 Å². The maximum Gasteiger partial charge on any atom is 0.145 e. The number of carbonyl (C=O) groups is 3. The van der Waals surface area contributed by atoms with E-state index in [-0.39, 0.29) is 47.1 Å². The highest BCUT2D eigenvalue weighted by molar-refractivity contribution is 6.13. The monoisotopic (exact) mass is 588 g/mol. The summed E-state index contributed by atoms with van der Waals surface area (Å²) < 4.78 is 0. The Labute approximate surface area is 257 Å². The van der Waals surface area contributed by atoms with Gasteiger partial charge in [-0.05, 0) is 88.6 Å². The molecule has 11 aliphatic rings. The average molecular weight is 589 g/mol. The van der Waals surface area contributed by atoms with E-state index in [2.05, 4.69) is 64.6 Å². The third kappa shape index (κ3) is 3.13. The number of allylic oxidation sites excluding steroid dienone is 8. The summed E-state index contributed by atoms with van der Waals surface area (Å²) in [7, 11) is 0. The molecule has 0 aromatic carbocycles. The summed E-state index contributed by atoms with van der Waals surface area (Å²) in [5.41, 5.74) is 13.8. The minimum Gasteiger partial charge on any atom is -0.355 e. The van der Waals surface area contributed by atoms with Crippen LogP contribution in [0.4, 0.5) is 0 Å². The number of aromatic nitrogens is 4. The molecule has 0 amide bonds. The Balaban J connectivity index is 1.27. The second kappa shape index (κ2) is 8.21. The lowest BCUT2D eigenvalue weighted by molar-refractivity contribution is -0.123. The summed E-state index contributed by atoms with van der Waals surface area (Å²) in [4.78, 5) is 57.3. The lowest BCUT2D eigenvalue weighted by Gasteiger charge is -2.35. The normalized spacial score (nSPS) is 30.0. The van der Waals surface area contributed by atoms with Crippen molar-refractivity contribution in [2.24, 2.45) is 23.7 Å². The molecule has 2 aliphatic heterocycles. The van der Waals surface area contributed by atoms with Gasteiger partial charge < -0.3 is 9.97 Å². The summed E-state index contributed by atoms with van der Waals surface area (Å²) in [6.45, 7) is 0. The van der Waals surface area contributed by atoms with E-state index in [1.54, 1.807) is 0 Å². The summed E-state index contributed by atoms with van der Waals surface area (Å²) in [5.74, 6) is 0.287. The van der Waals surface area contributed by atoms with Crippen molar-refractivity contribution >= 4 is 61.7 Å². The van der Waals surface area contributed by atoms with Gasteiger partial charge in [0.1, 0.15) is 17.3 Å². The van der Waals surface area contributed by atoms with Gasteiger partial charge in [-0.1, -0.05) is 24.3 Å². The maximum absolute atomic E-state index is 13.3. The number of nitrogens with one attached hydrogen (secondary N) is 2. The minimum atomic E-state index is -0.314. The second-order valence-corrected chi connectivity index (χ2v) is 13.9. The highest BCUT2D eigenvalue weighted by atomic mass is 16.1. The molecule has 3 aromatic rings. The van der Waals surface area contributed by atoms with Crippen LogP contribution in [0.15, 0.2) is 60.7 Å². The van der Waals surface area contributed by atoms with Gasteiger partial charge in [0, 0.05) is 59.1 Å². The number of hydrogen-bond acceptors (Lipinski definition) is 5. The predicted octanol–water partition coefficient (Wildman–Crippen LogP) is 6.62. The fraction of sp³-hybridized carbons (Fsp3) is 0.289. The van der Waals surface area contributed by atoms with Crippen molar-refractivity contribution in [2.75, 3.05) is 0 Å². The lowest BCUT2D eigenvalue weighted by atomic mass is 9.67. The third-order valence-electron chi connectivity index (χ3n) is 11.6. The molecule has 1 fully saturated rings. The van der Waals surface area contributed by atoms with Crippen molar-refractivity contribution < 1.29 is 14.4 Å². The first-order valence-electron chi connectivity index (χ1n) is 16.2. The van der Waals surface area contributed by atoms with Gasteiger partial charge in [-0.15, -0.1) is 0 Å². The molecule has 2 N–H and O–H groups in total. The average Bonchev–Trinajstić information content (AvgIpc) is 3.81. The zero-order chi connectivity index (χ0) is 29.7. The molecular formula is C38H28N4O3. The highest BCUT2D eigenvalue weighted by Crippen LogP contribution is 2.54. The largest absolute Gasteiger partial charge is 0.355 e. The van der Waals surface area contributed by atoms with E-state index in [9.17, 15) is 14.4 Å². The predicted molar refractivity (Wildman–Crippen MR) is 170 cm³/mol. The number of rotatable bonds is 0. The van der Waals surface area contributed by atoms with Gasteiger partial charge in [0.2, 0.25) is 0 Å². The van der Waals surface area contributed by atoms with E-state index >= 15 is 0 Å². The first-order chi connectivity index (χ1) is 22.0. The molecule has 0 spiro atoms. The molecule has 5 heterocycles. The van der Waals surface area contributed by atoms with Gasteiger partial charge in [-0.25, -0.2) is 9.97 Å². The van der Waals surface area contributed by atoms with Crippen LogP contribution in [0.3, 0.4) is 0 Å². The Morgan fingerprint density at radius 2 is 1.16 bits per heavy atom. The van der Waals surface area contributed by atoms with E-state index in [0.29, 0.717) is 25.0 Å². The Morgan fingerprint density at radius 1 is 0.556 bits per heavy atom. The fourth-order valence-electron chi connectivity index (χ4n) is 9.71. The zero-order valence-corrected chi connectivity index (χ0v) is 24.4. The molecule has 0 saturated heterocycles. The van der Waals surface area contributed by atoms with Crippen LogP contribution in [0.2, 0.25) is 0 Å². The molecule has 14 rings (SSSR count). The van der Waals surface area contributed by atoms with Gasteiger partial charge in [-0.2, -0.15) is 0 Å². The van der Waals surface area contributed by atoms with Crippen molar-refractivity contribution in [3.8, 4) is 0 Å². The maximum atomic E-state index is 13.3. The zero-order valence-electron chi connectivity index (χ0n) is 24.4. The molecule has 1 saturated carbocycles. The van der Waals surface area contributed by atoms with Crippen LogP contribution in [0.1, 0.15) is 77.8 Å². The molecular weight excluding hydrogens is 560 g/mol. The molecule has 14 bridgehead atoms. The summed E-state index contributed by atoms with van der Waals surface area (Å²) >= 11 is 0. The van der Waals surface area contributed by atoms with E-state index in [4.69, 9.17) is 9.97 Å². The molecule has 7 nitrogen and oxygen atoms in total. The van der Waals surface area contributed by atoms with Crippen molar-refractivity contribution in [1.29, 1.82) is 0 Å². The number of ketones is 3. The van der Waals surface area contributed by atoms with E-state index in [1.807, 2.05) is 6.08 Å². The number of aromatic amines is 2. The van der Waals surface area contributed by atoms with Crippen LogP contribution in [0.5, 0.6) is 0 Å². The van der Waals surface area contributed by atoms with Crippen LogP contribution >= 0.6 is 0 Å². The van der Waals surface area contributed by atoms with Gasteiger partial charge in [0.15, 0.2) is 0 Å². The molecule has 0 radical (unpaired) electrons. The van der Waals surface area contributed by atoms with Gasteiger partial charge in [0.05, 0.1) is 34.6 Å². The summed E-state index contributed by atoms with van der Waals surface area (Å²) in [5, 5.41) is 0. The highest BCUT2D eigenvalue weighted by Gasteiger charge is 2.45. The fourth-order valence-corrected chi connectivity index (χ4v) is 9.71. The number of nitrogens with zero attached hydrogens (tertiary/aromatic N) is 2. The van der Waals surface area contributed by atoms with E-state index in [1.165, 1.54) is 5.56 Å². The standard InChI is InChI=1S/C38H28N4O3/c43-30-10-17-2-6-21(30)36-25-13-20-5-4-19(39-20)12-24-33-16-1-7-22(31(44)9-16)37(33)28(40-24)15-27-35-18-3-8-23(32(45)11-18)38(35)29(42-27)14-26(41-25)34(17)36/h1,3-5,7-8,12-18,21-23,39,41H,2,6,9-11H2/t16-,17?,18?,21?,22?,23-/m0/s1. The molecule has 6 atom stereocenters. The topological polar surface area (TPSA) is 109 Å². The van der Waals surface area contributed by atoms with Crippen LogP contribution in [-0.2, 0) is 14.4 Å². The number of carbonyl (C=O) groups excluding carboxylic acids is 3. The van der Waals surface area contributed by atoms with Gasteiger partial charge in [-0.3, -0.25) is 14.4 Å². The molecule has 45 heavy (non-hydrogen) atoms. The molecule has 9 aliphatic carbocycles. The number of hydrogen-bond donors (Lipinski definition) is 2. The molecule has 3 aromatic heterocycles. The Morgan fingerprint density at radius 3 is 1.82 bits per heavy atom. The van der Waals surface area contributed by atoms with Gasteiger partial charge >= 0.3 is 0 Å². The molecule has 218 valence electrons. The van der Waals surface area contributed by atoms with Crippen LogP contribution < -0.4 is 0 Å². The van der Waals surface area contributed by atoms with Crippen molar-refractivity contribution in [3.63, 3.8) is 0 Å². The summed E-state index contributed by atoms with van der Waals surface area (Å²) in [6.07, 6.45) is 11.9. The number of Topliss-reactive ketones (excluding diaryl/α,β-unsaturated/α-hetero) is 3. The quantitative estimate of drug-likeness (QED) is 0.287. The minimum absolute atomic E-state index is 0.0139. The van der Waals surface area contributed by atoms with E-state index in [0.717, 1.165) is 85.5 Å².